The van der Waals surface area contributed by atoms with E-state index in [1.165, 1.54) is 4.90 Å². The highest BCUT2D eigenvalue weighted by Crippen LogP contribution is 2.31. The zero-order valence-corrected chi connectivity index (χ0v) is 16.7. The molecule has 0 spiro atoms. The Morgan fingerprint density at radius 1 is 1.32 bits per heavy atom. The molecule has 4 amide bonds. The lowest BCUT2D eigenvalue weighted by molar-refractivity contribution is -0.136. The van der Waals surface area contributed by atoms with Crippen molar-refractivity contribution in [1.82, 2.24) is 15.5 Å². The minimum atomic E-state index is -0.681. The third kappa shape index (κ3) is 4.27. The zero-order valence-electron chi connectivity index (χ0n) is 15.9. The Bertz CT molecular complexity index is 862. The van der Waals surface area contributed by atoms with E-state index < -0.39 is 23.6 Å². The van der Waals surface area contributed by atoms with Gasteiger partial charge in [0.25, 0.3) is 5.91 Å². The first kappa shape index (κ1) is 20.1. The number of carbonyl (C=O) groups excluding carboxylic acids is 4. The van der Waals surface area contributed by atoms with Gasteiger partial charge in [0.2, 0.25) is 11.8 Å². The summed E-state index contributed by atoms with van der Waals surface area (Å²) in [6.07, 6.45) is -0.0709. The maximum absolute atomic E-state index is 12.7. The SMILES string of the molecule is CC(C)(C)OC(=O)NCc1cc2c(cc1Cl)C(=O)N(C1CCC(=O)NC1=O)C2. The maximum atomic E-state index is 12.7. The van der Waals surface area contributed by atoms with Crippen LogP contribution in [0.25, 0.3) is 0 Å². The second-order valence-electron chi connectivity index (χ2n) is 7.86. The van der Waals surface area contributed by atoms with Gasteiger partial charge in [0, 0.05) is 30.1 Å². The Morgan fingerprint density at radius 2 is 2.04 bits per heavy atom. The molecule has 150 valence electrons. The minimum absolute atomic E-state index is 0.146. The average molecular weight is 408 g/mol. The molecule has 2 aliphatic rings. The van der Waals surface area contributed by atoms with Gasteiger partial charge in [0.15, 0.2) is 0 Å². The molecule has 0 radical (unpaired) electrons. The summed E-state index contributed by atoms with van der Waals surface area (Å²) in [4.78, 5) is 49.5. The zero-order chi connectivity index (χ0) is 20.6. The fraction of sp³-hybridized carbons (Fsp3) is 0.474. The standard InChI is InChI=1S/C19H22ClN3O5/c1-19(2,3)28-18(27)21-8-10-6-11-9-23(17(26)12(11)7-13(10)20)14-4-5-15(24)22-16(14)25/h6-7,14H,4-5,8-9H2,1-3H3,(H,21,27)(H,22,24,25). The topological polar surface area (TPSA) is 105 Å². The van der Waals surface area contributed by atoms with Crippen molar-refractivity contribution < 1.29 is 23.9 Å². The van der Waals surface area contributed by atoms with Crippen molar-refractivity contribution in [3.8, 4) is 0 Å². The molecule has 1 aromatic rings. The number of halogens is 1. The van der Waals surface area contributed by atoms with Gasteiger partial charge in [-0.3, -0.25) is 19.7 Å². The molecule has 3 rings (SSSR count). The van der Waals surface area contributed by atoms with Gasteiger partial charge >= 0.3 is 6.09 Å². The van der Waals surface area contributed by atoms with E-state index in [9.17, 15) is 19.2 Å². The van der Waals surface area contributed by atoms with Crippen LogP contribution in [0.5, 0.6) is 0 Å². The quantitative estimate of drug-likeness (QED) is 0.747. The Morgan fingerprint density at radius 3 is 2.68 bits per heavy atom. The van der Waals surface area contributed by atoms with Crippen molar-refractivity contribution >= 4 is 35.4 Å². The molecule has 1 saturated heterocycles. The predicted molar refractivity (Wildman–Crippen MR) is 101 cm³/mol. The summed E-state index contributed by atoms with van der Waals surface area (Å²) in [5.41, 5.74) is 1.18. The summed E-state index contributed by atoms with van der Waals surface area (Å²) in [5.74, 6) is -1.09. The van der Waals surface area contributed by atoms with E-state index in [0.717, 1.165) is 5.56 Å². The summed E-state index contributed by atoms with van der Waals surface area (Å²) in [5, 5.41) is 5.25. The number of amides is 4. The van der Waals surface area contributed by atoms with Gasteiger partial charge in [-0.25, -0.2) is 4.79 Å². The third-order valence-corrected chi connectivity index (χ3v) is 4.86. The molecular formula is C19H22ClN3O5. The van der Waals surface area contributed by atoms with Crippen LogP contribution in [0.4, 0.5) is 4.79 Å². The molecule has 2 aliphatic heterocycles. The van der Waals surface area contributed by atoms with Crippen LogP contribution in [0.15, 0.2) is 12.1 Å². The number of nitrogens with zero attached hydrogens (tertiary/aromatic N) is 1. The predicted octanol–water partition coefficient (Wildman–Crippen LogP) is 2.13. The number of carbonyl (C=O) groups is 4. The van der Waals surface area contributed by atoms with E-state index in [1.807, 2.05) is 0 Å². The van der Waals surface area contributed by atoms with Crippen LogP contribution < -0.4 is 10.6 Å². The van der Waals surface area contributed by atoms with E-state index in [1.54, 1.807) is 32.9 Å². The summed E-state index contributed by atoms with van der Waals surface area (Å²) < 4.78 is 5.20. The molecule has 1 aromatic carbocycles. The van der Waals surface area contributed by atoms with Crippen LogP contribution in [0, 0.1) is 0 Å². The van der Waals surface area contributed by atoms with E-state index >= 15 is 0 Å². The monoisotopic (exact) mass is 407 g/mol. The van der Waals surface area contributed by atoms with Crippen LogP contribution in [0.1, 0.15) is 55.1 Å². The van der Waals surface area contributed by atoms with Crippen molar-refractivity contribution in [2.24, 2.45) is 0 Å². The van der Waals surface area contributed by atoms with Gasteiger partial charge in [-0.2, -0.15) is 0 Å². The van der Waals surface area contributed by atoms with Gasteiger partial charge in [0.05, 0.1) is 0 Å². The lowest BCUT2D eigenvalue weighted by Crippen LogP contribution is -2.52. The first-order chi connectivity index (χ1) is 13.0. The number of hydrogen-bond donors (Lipinski definition) is 2. The molecule has 0 aromatic heterocycles. The molecule has 8 nitrogen and oxygen atoms in total. The fourth-order valence-corrected chi connectivity index (χ4v) is 3.49. The van der Waals surface area contributed by atoms with Crippen molar-refractivity contribution in [3.05, 3.63) is 33.8 Å². The van der Waals surface area contributed by atoms with E-state index in [-0.39, 0.29) is 31.3 Å². The first-order valence-corrected chi connectivity index (χ1v) is 9.36. The number of ether oxygens (including phenoxy) is 1. The number of piperidine rings is 1. The number of alkyl carbamates (subject to hydrolysis) is 1. The maximum Gasteiger partial charge on any atom is 0.407 e. The van der Waals surface area contributed by atoms with E-state index in [4.69, 9.17) is 16.3 Å². The second-order valence-corrected chi connectivity index (χ2v) is 8.26. The fourth-order valence-electron chi connectivity index (χ4n) is 3.26. The van der Waals surface area contributed by atoms with Crippen LogP contribution in [-0.2, 0) is 27.4 Å². The highest BCUT2D eigenvalue weighted by molar-refractivity contribution is 6.32. The Balaban J connectivity index is 1.72. The van der Waals surface area contributed by atoms with Crippen molar-refractivity contribution in [1.29, 1.82) is 0 Å². The minimum Gasteiger partial charge on any atom is -0.444 e. The highest BCUT2D eigenvalue weighted by atomic mass is 35.5. The van der Waals surface area contributed by atoms with Crippen LogP contribution in [0.2, 0.25) is 5.02 Å². The molecule has 9 heteroatoms. The molecule has 1 atom stereocenters. The van der Waals surface area contributed by atoms with Crippen molar-refractivity contribution in [3.63, 3.8) is 0 Å². The Hall–Kier alpha value is -2.61. The summed E-state index contributed by atoms with van der Waals surface area (Å²) in [6, 6.07) is 2.62. The average Bonchev–Trinajstić information content (AvgIpc) is 2.87. The number of rotatable bonds is 3. The molecule has 1 fully saturated rings. The van der Waals surface area contributed by atoms with Gasteiger partial charge in [-0.15, -0.1) is 0 Å². The van der Waals surface area contributed by atoms with E-state index in [0.29, 0.717) is 22.6 Å². The Kier molecular flexibility index (Phi) is 5.34. The van der Waals surface area contributed by atoms with Crippen molar-refractivity contribution in [2.75, 3.05) is 0 Å². The van der Waals surface area contributed by atoms with Gasteiger partial charge in [-0.05, 0) is 50.5 Å². The summed E-state index contributed by atoms with van der Waals surface area (Å²) >= 11 is 6.28. The number of fused-ring (bicyclic) bond motifs is 1. The number of nitrogens with one attached hydrogen (secondary N) is 2. The molecule has 28 heavy (non-hydrogen) atoms. The number of imide groups is 1. The van der Waals surface area contributed by atoms with Crippen LogP contribution >= 0.6 is 11.6 Å². The van der Waals surface area contributed by atoms with Gasteiger partial charge < -0.3 is 15.0 Å². The van der Waals surface area contributed by atoms with Gasteiger partial charge in [-0.1, -0.05) is 11.6 Å². The number of hydrogen-bond acceptors (Lipinski definition) is 5. The van der Waals surface area contributed by atoms with Gasteiger partial charge in [0.1, 0.15) is 11.6 Å². The number of benzene rings is 1. The molecule has 2 N–H and O–H groups in total. The molecule has 1 unspecified atom stereocenters. The van der Waals surface area contributed by atoms with Crippen LogP contribution in [-0.4, -0.2) is 40.4 Å². The van der Waals surface area contributed by atoms with Crippen molar-refractivity contribution in [2.45, 2.75) is 58.3 Å². The Labute approximate surface area is 167 Å². The van der Waals surface area contributed by atoms with Crippen LogP contribution in [0.3, 0.4) is 0 Å². The molecule has 2 heterocycles. The lowest BCUT2D eigenvalue weighted by atomic mass is 10.0. The molecule has 0 saturated carbocycles. The highest BCUT2D eigenvalue weighted by Gasteiger charge is 2.39. The lowest BCUT2D eigenvalue weighted by Gasteiger charge is -2.29. The normalized spacial score (nSPS) is 19.4. The summed E-state index contributed by atoms with van der Waals surface area (Å²) in [7, 11) is 0. The first-order valence-electron chi connectivity index (χ1n) is 8.98. The third-order valence-electron chi connectivity index (χ3n) is 4.51. The summed E-state index contributed by atoms with van der Waals surface area (Å²) in [6.45, 7) is 5.70. The smallest absolute Gasteiger partial charge is 0.407 e. The largest absolute Gasteiger partial charge is 0.444 e. The molecule has 0 aliphatic carbocycles. The van der Waals surface area contributed by atoms with E-state index in [2.05, 4.69) is 10.6 Å². The second kappa shape index (κ2) is 7.43. The molecule has 0 bridgehead atoms. The molecular weight excluding hydrogens is 386 g/mol.